The molecule has 0 aliphatic carbocycles. The van der Waals surface area contributed by atoms with Crippen molar-refractivity contribution in [3.05, 3.63) is 53.0 Å². The molecule has 134 valence electrons. The van der Waals surface area contributed by atoms with Crippen molar-refractivity contribution in [3.63, 3.8) is 0 Å². The van der Waals surface area contributed by atoms with E-state index in [-0.39, 0.29) is 4.88 Å². The number of anilines is 2. The van der Waals surface area contributed by atoms with E-state index in [1.807, 2.05) is 6.07 Å². The molecule has 3 heterocycles. The minimum atomic E-state index is -0.988. The van der Waals surface area contributed by atoms with Gasteiger partial charge in [0.05, 0.1) is 16.8 Å². The van der Waals surface area contributed by atoms with Gasteiger partial charge in [0.25, 0.3) is 0 Å². The van der Waals surface area contributed by atoms with Gasteiger partial charge in [0.1, 0.15) is 9.71 Å². The number of fused-ring (bicyclic) bond motifs is 1. The maximum Gasteiger partial charge on any atom is 0.348 e. The van der Waals surface area contributed by atoms with Crippen molar-refractivity contribution in [2.75, 3.05) is 23.7 Å². The van der Waals surface area contributed by atoms with Crippen LogP contribution < -0.4 is 10.6 Å². The number of carbonyl (C=O) groups is 1. The minimum Gasteiger partial charge on any atom is -0.477 e. The van der Waals surface area contributed by atoms with Gasteiger partial charge in [0.2, 0.25) is 0 Å². The van der Waals surface area contributed by atoms with Crippen LogP contribution in [0.25, 0.3) is 10.2 Å². The van der Waals surface area contributed by atoms with E-state index in [2.05, 4.69) is 40.2 Å². The molecule has 0 atom stereocenters. The van der Waals surface area contributed by atoms with Gasteiger partial charge in [-0.3, -0.25) is 0 Å². The Morgan fingerprint density at radius 2 is 1.96 bits per heavy atom. The molecule has 1 saturated heterocycles. The molecule has 1 aliphatic rings. The zero-order valence-electron chi connectivity index (χ0n) is 14.4. The van der Waals surface area contributed by atoms with Crippen LogP contribution in [0.2, 0.25) is 0 Å². The van der Waals surface area contributed by atoms with Crippen LogP contribution >= 0.6 is 11.3 Å². The molecule has 0 saturated carbocycles. The van der Waals surface area contributed by atoms with Crippen molar-refractivity contribution >= 4 is 38.9 Å². The minimum absolute atomic E-state index is 0.180. The first-order valence-electron chi connectivity index (χ1n) is 8.82. The van der Waals surface area contributed by atoms with E-state index >= 15 is 0 Å². The fourth-order valence-corrected chi connectivity index (χ4v) is 4.70. The Kier molecular flexibility index (Phi) is 4.51. The molecule has 3 aromatic rings. The van der Waals surface area contributed by atoms with Gasteiger partial charge in [-0.15, -0.1) is 11.3 Å². The van der Waals surface area contributed by atoms with E-state index in [1.54, 1.807) is 6.20 Å². The maximum atomic E-state index is 11.4. The fourth-order valence-electron chi connectivity index (χ4n) is 3.78. The van der Waals surface area contributed by atoms with Gasteiger partial charge >= 0.3 is 5.97 Å². The third-order valence-corrected chi connectivity index (χ3v) is 6.23. The summed E-state index contributed by atoms with van der Waals surface area (Å²) < 4.78 is 0. The second kappa shape index (κ2) is 6.96. The highest BCUT2D eigenvalue weighted by Crippen LogP contribution is 2.39. The molecular formula is C20H21N3O2S. The molecule has 0 bridgehead atoms. The number of thiophene rings is 1. The van der Waals surface area contributed by atoms with Crippen molar-refractivity contribution in [1.82, 2.24) is 4.98 Å². The highest BCUT2D eigenvalue weighted by atomic mass is 32.1. The molecule has 6 heteroatoms. The standard InChI is InChI=1S/C20H21N3O2S/c21-17-16-15(6-9-22-19(16)26-18(17)20(24)25)23-10-7-14(8-11-23)12-13-4-2-1-3-5-13/h1-6,9,14H,7-8,10-12,21H2,(H,24,25). The highest BCUT2D eigenvalue weighted by molar-refractivity contribution is 7.21. The van der Waals surface area contributed by atoms with Crippen molar-refractivity contribution in [1.29, 1.82) is 0 Å². The number of nitrogens with zero attached hydrogens (tertiary/aromatic N) is 2. The Bertz CT molecular complexity index is 931. The third kappa shape index (κ3) is 3.12. The molecular weight excluding hydrogens is 346 g/mol. The summed E-state index contributed by atoms with van der Waals surface area (Å²) in [6, 6.07) is 12.6. The largest absolute Gasteiger partial charge is 0.477 e. The fraction of sp³-hybridized carbons (Fsp3) is 0.300. The molecule has 0 spiro atoms. The van der Waals surface area contributed by atoms with Crippen molar-refractivity contribution in [2.24, 2.45) is 5.92 Å². The quantitative estimate of drug-likeness (QED) is 0.728. The molecule has 1 fully saturated rings. The van der Waals surface area contributed by atoms with Crippen LogP contribution in [-0.4, -0.2) is 29.1 Å². The van der Waals surface area contributed by atoms with Crippen molar-refractivity contribution < 1.29 is 9.90 Å². The normalized spacial score (nSPS) is 15.5. The summed E-state index contributed by atoms with van der Waals surface area (Å²) in [4.78, 5) is 18.9. The van der Waals surface area contributed by atoms with Gasteiger partial charge in [-0.2, -0.15) is 0 Å². The zero-order valence-corrected chi connectivity index (χ0v) is 15.2. The topological polar surface area (TPSA) is 79.5 Å². The lowest BCUT2D eigenvalue weighted by atomic mass is 9.90. The van der Waals surface area contributed by atoms with E-state index in [9.17, 15) is 9.90 Å². The first kappa shape index (κ1) is 16.8. The Balaban J connectivity index is 1.53. The van der Waals surface area contributed by atoms with Crippen LogP contribution in [0, 0.1) is 5.92 Å². The summed E-state index contributed by atoms with van der Waals surface area (Å²) >= 11 is 1.15. The molecule has 1 aromatic carbocycles. The van der Waals surface area contributed by atoms with Crippen LogP contribution in [0.5, 0.6) is 0 Å². The van der Waals surface area contributed by atoms with E-state index in [1.165, 1.54) is 5.56 Å². The second-order valence-corrected chi connectivity index (χ2v) is 7.78. The number of carboxylic acids is 1. The number of carboxylic acid groups (broad SMARTS) is 1. The third-order valence-electron chi connectivity index (χ3n) is 5.12. The highest BCUT2D eigenvalue weighted by Gasteiger charge is 2.24. The van der Waals surface area contributed by atoms with Gasteiger partial charge in [0, 0.05) is 19.3 Å². The summed E-state index contributed by atoms with van der Waals surface area (Å²) in [5, 5.41) is 10.1. The number of pyridine rings is 1. The molecule has 0 unspecified atom stereocenters. The Morgan fingerprint density at radius 3 is 2.65 bits per heavy atom. The van der Waals surface area contributed by atoms with E-state index in [0.717, 1.165) is 54.8 Å². The van der Waals surface area contributed by atoms with Crippen molar-refractivity contribution in [2.45, 2.75) is 19.3 Å². The number of nitrogen functional groups attached to an aromatic ring is 1. The first-order chi connectivity index (χ1) is 12.6. The van der Waals surface area contributed by atoms with Crippen LogP contribution in [0.15, 0.2) is 42.6 Å². The molecule has 26 heavy (non-hydrogen) atoms. The summed E-state index contributed by atoms with van der Waals surface area (Å²) in [6.07, 6.45) is 5.10. The summed E-state index contributed by atoms with van der Waals surface area (Å²) in [7, 11) is 0. The van der Waals surface area contributed by atoms with Crippen LogP contribution in [0.1, 0.15) is 28.1 Å². The number of piperidine rings is 1. The molecule has 0 radical (unpaired) electrons. The molecule has 3 N–H and O–H groups in total. The lowest BCUT2D eigenvalue weighted by molar-refractivity contribution is 0.0703. The van der Waals surface area contributed by atoms with Gasteiger partial charge in [-0.1, -0.05) is 30.3 Å². The molecule has 2 aromatic heterocycles. The first-order valence-corrected chi connectivity index (χ1v) is 9.64. The van der Waals surface area contributed by atoms with E-state index in [0.29, 0.717) is 16.4 Å². The van der Waals surface area contributed by atoms with Gasteiger partial charge in [-0.25, -0.2) is 9.78 Å². The number of benzene rings is 1. The van der Waals surface area contributed by atoms with E-state index in [4.69, 9.17) is 5.73 Å². The predicted molar refractivity (Wildman–Crippen MR) is 106 cm³/mol. The van der Waals surface area contributed by atoms with Crippen LogP contribution in [-0.2, 0) is 6.42 Å². The molecule has 1 aliphatic heterocycles. The lowest BCUT2D eigenvalue weighted by Crippen LogP contribution is -2.34. The van der Waals surface area contributed by atoms with Gasteiger partial charge in [0.15, 0.2) is 0 Å². The number of rotatable bonds is 4. The monoisotopic (exact) mass is 367 g/mol. The number of aromatic nitrogens is 1. The number of hydrogen-bond donors (Lipinski definition) is 2. The number of hydrogen-bond acceptors (Lipinski definition) is 5. The maximum absolute atomic E-state index is 11.4. The van der Waals surface area contributed by atoms with Crippen molar-refractivity contribution in [3.8, 4) is 0 Å². The smallest absolute Gasteiger partial charge is 0.348 e. The zero-order chi connectivity index (χ0) is 18.1. The lowest BCUT2D eigenvalue weighted by Gasteiger charge is -2.34. The predicted octanol–water partition coefficient (Wildman–Crippen LogP) is 4.04. The summed E-state index contributed by atoms with van der Waals surface area (Å²) in [5.41, 5.74) is 8.88. The van der Waals surface area contributed by atoms with Gasteiger partial charge in [-0.05, 0) is 36.8 Å². The number of nitrogens with two attached hydrogens (primary N) is 1. The average molecular weight is 367 g/mol. The molecule has 5 nitrogen and oxygen atoms in total. The second-order valence-electron chi connectivity index (χ2n) is 6.78. The van der Waals surface area contributed by atoms with Crippen LogP contribution in [0.4, 0.5) is 11.4 Å². The summed E-state index contributed by atoms with van der Waals surface area (Å²) in [6.45, 7) is 1.91. The van der Waals surface area contributed by atoms with Gasteiger partial charge < -0.3 is 15.7 Å². The Morgan fingerprint density at radius 1 is 1.23 bits per heavy atom. The van der Waals surface area contributed by atoms with Crippen LogP contribution in [0.3, 0.4) is 0 Å². The molecule has 0 amide bonds. The Labute approximate surface area is 156 Å². The number of aromatic carboxylic acids is 1. The molecule has 4 rings (SSSR count). The average Bonchev–Trinajstić information content (AvgIpc) is 3.01. The van der Waals surface area contributed by atoms with E-state index < -0.39 is 5.97 Å². The SMILES string of the molecule is Nc1c(C(=O)O)sc2nccc(N3CCC(Cc4ccccc4)CC3)c12. The summed E-state index contributed by atoms with van der Waals surface area (Å²) in [5.74, 6) is -0.307. The Hall–Kier alpha value is -2.60.